The van der Waals surface area contributed by atoms with Crippen molar-refractivity contribution in [3.8, 4) is 0 Å². The zero-order valence-electron chi connectivity index (χ0n) is 8.56. The largest absolute Gasteiger partial charge is 0.462 e. The number of benzene rings is 1. The van der Waals surface area contributed by atoms with Crippen LogP contribution in [0, 0.1) is 5.92 Å². The minimum absolute atomic E-state index is 0.0198. The van der Waals surface area contributed by atoms with E-state index in [1.807, 2.05) is 18.2 Å². The van der Waals surface area contributed by atoms with Crippen LogP contribution in [0.3, 0.4) is 0 Å². The monoisotopic (exact) mass is 202 g/mol. The van der Waals surface area contributed by atoms with E-state index in [0.717, 1.165) is 19.3 Å². The molecule has 3 atom stereocenters. The second-order valence-corrected chi connectivity index (χ2v) is 4.50. The molecule has 1 aliphatic carbocycles. The van der Waals surface area contributed by atoms with Crippen molar-refractivity contribution >= 4 is 5.97 Å². The van der Waals surface area contributed by atoms with Crippen molar-refractivity contribution in [3.63, 3.8) is 0 Å². The molecule has 0 N–H and O–H groups in total. The zero-order chi connectivity index (χ0) is 10.3. The highest BCUT2D eigenvalue weighted by Crippen LogP contribution is 2.43. The van der Waals surface area contributed by atoms with Gasteiger partial charge in [-0.1, -0.05) is 30.3 Å². The van der Waals surface area contributed by atoms with Gasteiger partial charge in [-0.3, -0.25) is 4.79 Å². The van der Waals surface area contributed by atoms with Crippen LogP contribution in [0.15, 0.2) is 30.3 Å². The number of ether oxygens (including phenoxy) is 1. The molecule has 3 fully saturated rings. The van der Waals surface area contributed by atoms with Crippen LogP contribution < -0.4 is 0 Å². The Morgan fingerprint density at radius 1 is 1.07 bits per heavy atom. The normalized spacial score (nSPS) is 33.9. The third-order valence-corrected chi connectivity index (χ3v) is 3.62. The number of hydrogen-bond acceptors (Lipinski definition) is 2. The Morgan fingerprint density at radius 3 is 2.53 bits per heavy atom. The van der Waals surface area contributed by atoms with Gasteiger partial charge in [0.05, 0.1) is 5.92 Å². The Bertz CT molecular complexity index is 371. The van der Waals surface area contributed by atoms with Crippen LogP contribution in [0.25, 0.3) is 0 Å². The third kappa shape index (κ3) is 1.44. The number of hydrogen-bond donors (Lipinski definition) is 0. The first-order valence-corrected chi connectivity index (χ1v) is 5.60. The molecule has 2 heterocycles. The van der Waals surface area contributed by atoms with E-state index in [0.29, 0.717) is 5.92 Å². The van der Waals surface area contributed by atoms with E-state index in [-0.39, 0.29) is 18.0 Å². The molecule has 1 aromatic rings. The average molecular weight is 202 g/mol. The van der Waals surface area contributed by atoms with Gasteiger partial charge < -0.3 is 4.74 Å². The van der Waals surface area contributed by atoms with Crippen LogP contribution in [0.4, 0.5) is 0 Å². The lowest BCUT2D eigenvalue weighted by molar-refractivity contribution is -0.170. The Balaban J connectivity index is 1.92. The van der Waals surface area contributed by atoms with Crippen LogP contribution in [-0.2, 0) is 9.53 Å². The van der Waals surface area contributed by atoms with E-state index >= 15 is 0 Å². The Kier molecular flexibility index (Phi) is 2.01. The van der Waals surface area contributed by atoms with Gasteiger partial charge in [-0.25, -0.2) is 0 Å². The van der Waals surface area contributed by atoms with E-state index in [2.05, 4.69) is 12.1 Å². The predicted molar refractivity (Wildman–Crippen MR) is 56.4 cm³/mol. The molecule has 1 aromatic carbocycles. The summed E-state index contributed by atoms with van der Waals surface area (Å²) in [6, 6.07) is 10.4. The van der Waals surface area contributed by atoms with Gasteiger partial charge in [0.2, 0.25) is 0 Å². The van der Waals surface area contributed by atoms with Gasteiger partial charge in [0.1, 0.15) is 6.10 Å². The Labute approximate surface area is 89.2 Å². The molecule has 2 nitrogen and oxygen atoms in total. The van der Waals surface area contributed by atoms with Crippen LogP contribution in [0.5, 0.6) is 0 Å². The average Bonchev–Trinajstić information content (AvgIpc) is 2.30. The summed E-state index contributed by atoms with van der Waals surface area (Å²) in [5, 5.41) is 0. The molecule has 2 aliphatic heterocycles. The van der Waals surface area contributed by atoms with E-state index in [4.69, 9.17) is 4.74 Å². The first-order valence-electron chi connectivity index (χ1n) is 5.60. The zero-order valence-corrected chi connectivity index (χ0v) is 8.56. The molecule has 0 aromatic heterocycles. The van der Waals surface area contributed by atoms with Crippen molar-refractivity contribution < 1.29 is 9.53 Å². The van der Waals surface area contributed by atoms with E-state index < -0.39 is 0 Å². The van der Waals surface area contributed by atoms with Crippen molar-refractivity contribution in [1.29, 1.82) is 0 Å². The van der Waals surface area contributed by atoms with Gasteiger partial charge in [-0.05, 0) is 24.8 Å². The summed E-state index contributed by atoms with van der Waals surface area (Å²) < 4.78 is 5.30. The summed E-state index contributed by atoms with van der Waals surface area (Å²) >= 11 is 0. The molecular formula is C13H14O2. The first kappa shape index (κ1) is 8.96. The molecular weight excluding hydrogens is 188 g/mol. The van der Waals surface area contributed by atoms with E-state index in [1.54, 1.807) is 0 Å². The lowest BCUT2D eigenvalue weighted by Crippen LogP contribution is -2.42. The molecule has 1 saturated carbocycles. The van der Waals surface area contributed by atoms with E-state index in [9.17, 15) is 4.79 Å². The summed E-state index contributed by atoms with van der Waals surface area (Å²) in [5.41, 5.74) is 1.30. The number of esters is 1. The Morgan fingerprint density at radius 2 is 1.87 bits per heavy atom. The number of carbonyl (C=O) groups excluding carboxylic acids is 1. The highest BCUT2D eigenvalue weighted by Gasteiger charge is 2.43. The summed E-state index contributed by atoms with van der Waals surface area (Å²) in [7, 11) is 0. The molecule has 3 aliphatic rings. The number of fused-ring (bicyclic) bond motifs is 3. The van der Waals surface area contributed by atoms with Crippen molar-refractivity contribution in [2.75, 3.05) is 0 Å². The number of rotatable bonds is 1. The minimum atomic E-state index is 0.0198. The lowest BCUT2D eigenvalue weighted by Gasteiger charge is -2.41. The third-order valence-electron chi connectivity index (χ3n) is 3.62. The van der Waals surface area contributed by atoms with Crippen LogP contribution in [0.1, 0.15) is 30.7 Å². The predicted octanol–water partition coefficient (Wildman–Crippen LogP) is 2.50. The maximum Gasteiger partial charge on any atom is 0.309 e. The molecule has 2 bridgehead atoms. The van der Waals surface area contributed by atoms with Crippen molar-refractivity contribution in [3.05, 3.63) is 35.9 Å². The van der Waals surface area contributed by atoms with Gasteiger partial charge in [0, 0.05) is 5.92 Å². The highest BCUT2D eigenvalue weighted by atomic mass is 16.5. The summed E-state index contributed by atoms with van der Waals surface area (Å²) in [5.74, 6) is 0.523. The molecule has 4 rings (SSSR count). The van der Waals surface area contributed by atoms with E-state index in [1.165, 1.54) is 5.56 Å². The fourth-order valence-corrected chi connectivity index (χ4v) is 2.84. The summed E-state index contributed by atoms with van der Waals surface area (Å²) in [6.07, 6.45) is 3.25. The number of carbonyl (C=O) groups is 1. The maximum atomic E-state index is 11.6. The van der Waals surface area contributed by atoms with Gasteiger partial charge in [-0.15, -0.1) is 0 Å². The highest BCUT2D eigenvalue weighted by molar-refractivity contribution is 5.75. The molecule has 0 amide bonds. The van der Waals surface area contributed by atoms with Crippen LogP contribution in [0.2, 0.25) is 0 Å². The topological polar surface area (TPSA) is 26.3 Å². The standard InChI is InChI=1S/C13H14O2/c14-13-11-7-6-10(15-13)8-12(11)9-4-2-1-3-5-9/h1-5,10-12H,6-8H2/t10-,11+,12-/m1/s1. The second-order valence-electron chi connectivity index (χ2n) is 4.50. The molecule has 15 heavy (non-hydrogen) atoms. The summed E-state index contributed by atoms with van der Waals surface area (Å²) in [6.45, 7) is 0. The lowest BCUT2D eigenvalue weighted by atomic mass is 9.72. The fourth-order valence-electron chi connectivity index (χ4n) is 2.84. The second kappa shape index (κ2) is 3.37. The quantitative estimate of drug-likeness (QED) is 0.654. The smallest absolute Gasteiger partial charge is 0.309 e. The van der Waals surface area contributed by atoms with Crippen LogP contribution in [-0.4, -0.2) is 12.1 Å². The minimum Gasteiger partial charge on any atom is -0.462 e. The maximum absolute atomic E-state index is 11.6. The first-order chi connectivity index (χ1) is 7.34. The molecule has 78 valence electrons. The Hall–Kier alpha value is -1.31. The fraction of sp³-hybridized carbons (Fsp3) is 0.462. The van der Waals surface area contributed by atoms with Crippen LogP contribution >= 0.6 is 0 Å². The molecule has 2 heteroatoms. The summed E-state index contributed by atoms with van der Waals surface area (Å²) in [4.78, 5) is 11.6. The van der Waals surface area contributed by atoms with Crippen molar-refractivity contribution in [1.82, 2.24) is 0 Å². The molecule has 0 unspecified atom stereocenters. The SMILES string of the molecule is O=C1O[C@@H]2CC[C@H]1[C@@H](c1ccccc1)C2. The van der Waals surface area contributed by atoms with Gasteiger partial charge in [0.25, 0.3) is 0 Å². The molecule has 0 radical (unpaired) electrons. The van der Waals surface area contributed by atoms with Crippen molar-refractivity contribution in [2.45, 2.75) is 31.3 Å². The molecule has 2 saturated heterocycles. The van der Waals surface area contributed by atoms with Crippen molar-refractivity contribution in [2.24, 2.45) is 5.92 Å². The van der Waals surface area contributed by atoms with Gasteiger partial charge in [-0.2, -0.15) is 0 Å². The van der Waals surface area contributed by atoms with Gasteiger partial charge >= 0.3 is 5.97 Å². The molecule has 0 spiro atoms. The van der Waals surface area contributed by atoms with Gasteiger partial charge in [0.15, 0.2) is 0 Å².